The molecule has 0 fully saturated rings. The minimum atomic E-state index is -4.41. The van der Waals surface area contributed by atoms with E-state index in [1.807, 2.05) is 6.07 Å². The molecule has 5 rings (SSSR count). The van der Waals surface area contributed by atoms with Gasteiger partial charge in [0.05, 0.1) is 23.3 Å². The summed E-state index contributed by atoms with van der Waals surface area (Å²) in [5, 5.41) is 14.5. The number of carboxylic acids is 1. The van der Waals surface area contributed by atoms with Crippen LogP contribution in [0.15, 0.2) is 70.6 Å². The predicted octanol–water partition coefficient (Wildman–Crippen LogP) is 5.12. The Kier molecular flexibility index (Phi) is 9.72. The van der Waals surface area contributed by atoms with Gasteiger partial charge in [0.1, 0.15) is 17.0 Å². The van der Waals surface area contributed by atoms with Gasteiger partial charge < -0.3 is 14.9 Å². The normalized spacial score (nSPS) is 14.4. The number of fused-ring (bicyclic) bond motifs is 2. The molecule has 0 aliphatic carbocycles. The average Bonchev–Trinajstić information content (AvgIpc) is 3.49. The SMILES string of the molecule is CC(C(=O)O)N(CC(=O)NC[n+]1c(/C=C2\Sc3ccc(Cl)cc3N2CS(=O)(=O)O)sc2ccc(Cl)cc21)c1ccc(C=O)cc1. The van der Waals surface area contributed by atoms with E-state index in [0.29, 0.717) is 48.8 Å². The van der Waals surface area contributed by atoms with Gasteiger partial charge in [0.2, 0.25) is 18.1 Å². The number of benzene rings is 3. The number of aldehydes is 1. The Balaban J connectivity index is 1.46. The van der Waals surface area contributed by atoms with Crippen molar-refractivity contribution in [2.45, 2.75) is 24.5 Å². The van der Waals surface area contributed by atoms with Crippen molar-refractivity contribution in [2.24, 2.45) is 0 Å². The molecule has 0 saturated carbocycles. The van der Waals surface area contributed by atoms with E-state index in [4.69, 9.17) is 23.2 Å². The number of thioether (sulfide) groups is 1. The molecule has 0 spiro atoms. The van der Waals surface area contributed by atoms with Crippen molar-refractivity contribution in [2.75, 3.05) is 22.2 Å². The fraction of sp³-hybridized carbons (Fsp3) is 0.172. The van der Waals surface area contributed by atoms with Crippen LogP contribution in [0.2, 0.25) is 10.0 Å². The van der Waals surface area contributed by atoms with E-state index in [1.165, 1.54) is 52.0 Å². The number of nitrogens with zero attached hydrogens (tertiary/aromatic N) is 3. The van der Waals surface area contributed by atoms with Gasteiger partial charge in [-0.2, -0.15) is 13.0 Å². The molecule has 0 saturated heterocycles. The number of aliphatic carboxylic acids is 1. The molecule has 234 valence electrons. The van der Waals surface area contributed by atoms with Gasteiger partial charge in [-0.05, 0) is 61.5 Å². The molecule has 1 unspecified atom stereocenters. The Labute approximate surface area is 276 Å². The second kappa shape index (κ2) is 13.4. The molecule has 45 heavy (non-hydrogen) atoms. The monoisotopic (exact) mass is 707 g/mol. The zero-order chi connectivity index (χ0) is 32.5. The number of rotatable bonds is 11. The number of nitrogens with one attached hydrogen (secondary N) is 1. The van der Waals surface area contributed by atoms with Gasteiger partial charge in [0, 0.05) is 32.3 Å². The summed E-state index contributed by atoms with van der Waals surface area (Å²) < 4.78 is 36.2. The Hall–Kier alpha value is -3.66. The number of amides is 1. The summed E-state index contributed by atoms with van der Waals surface area (Å²) in [6.07, 6.45) is 2.42. The smallest absolute Gasteiger partial charge is 0.326 e. The summed E-state index contributed by atoms with van der Waals surface area (Å²) in [5.74, 6) is -2.30. The van der Waals surface area contributed by atoms with E-state index in [0.717, 1.165) is 9.60 Å². The third-order valence-electron chi connectivity index (χ3n) is 6.86. The Bertz CT molecular complexity index is 1950. The van der Waals surface area contributed by atoms with Crippen molar-refractivity contribution >= 4 is 102 Å². The number of carbonyl (C=O) groups is 3. The summed E-state index contributed by atoms with van der Waals surface area (Å²) >= 11 is 15.2. The van der Waals surface area contributed by atoms with Crippen LogP contribution in [0, 0.1) is 0 Å². The third-order valence-corrected chi connectivity index (χ3v) is 10.1. The fourth-order valence-corrected chi connectivity index (χ4v) is 7.89. The molecule has 16 heteroatoms. The zero-order valence-electron chi connectivity index (χ0n) is 23.4. The highest BCUT2D eigenvalue weighted by Gasteiger charge is 2.31. The van der Waals surface area contributed by atoms with Crippen molar-refractivity contribution in [1.82, 2.24) is 5.32 Å². The first kappa shape index (κ1) is 32.7. The molecule has 3 aromatic carbocycles. The molecule has 4 aromatic rings. The highest BCUT2D eigenvalue weighted by Crippen LogP contribution is 2.48. The van der Waals surface area contributed by atoms with E-state index in [9.17, 15) is 32.5 Å². The average molecular weight is 709 g/mol. The molecule has 0 bridgehead atoms. The molecule has 1 atom stereocenters. The van der Waals surface area contributed by atoms with E-state index < -0.39 is 33.9 Å². The summed E-state index contributed by atoms with van der Waals surface area (Å²) in [7, 11) is -4.41. The number of hydrogen-bond acceptors (Lipinski definition) is 9. The molecule has 1 amide bonds. The summed E-state index contributed by atoms with van der Waals surface area (Å²) in [4.78, 5) is 39.8. The van der Waals surface area contributed by atoms with Crippen molar-refractivity contribution in [3.05, 3.63) is 86.3 Å². The lowest BCUT2D eigenvalue weighted by molar-refractivity contribution is -0.672. The van der Waals surface area contributed by atoms with Gasteiger partial charge in [0.15, 0.2) is 5.88 Å². The van der Waals surface area contributed by atoms with Gasteiger partial charge in [-0.15, -0.1) is 0 Å². The Morgan fingerprint density at radius 2 is 1.78 bits per heavy atom. The molecule has 1 aliphatic rings. The largest absolute Gasteiger partial charge is 0.480 e. The first-order valence-corrected chi connectivity index (χ1v) is 17.2. The number of thiazole rings is 1. The quantitative estimate of drug-likeness (QED) is 0.109. The van der Waals surface area contributed by atoms with Crippen molar-refractivity contribution in [1.29, 1.82) is 0 Å². The van der Waals surface area contributed by atoms with Crippen LogP contribution in [0.3, 0.4) is 0 Å². The van der Waals surface area contributed by atoms with Crippen LogP contribution in [-0.4, -0.2) is 54.7 Å². The van der Waals surface area contributed by atoms with Crippen LogP contribution in [-0.2, 0) is 26.4 Å². The van der Waals surface area contributed by atoms with Crippen LogP contribution in [0.1, 0.15) is 22.3 Å². The second-order valence-corrected chi connectivity index (χ2v) is 14.3. The molecular formula is C29H25Cl2N4O7S3+. The third kappa shape index (κ3) is 7.60. The number of carboxylic acid groups (broad SMARTS) is 1. The standard InChI is InChI=1S/C29H24Cl2N4O7S3/c1-17(29(38)39)33(21-6-2-18(14-36)3-7-21)13-26(37)32-15-34-22-10-19(30)4-8-24(22)43-27(34)12-28-35(16-45(40,41)42)23-11-20(31)5-9-25(23)44-28/h2-12,14,17H,13,15-16H2,1H3,(H2-,32,37,38,39,40,41,42)/p+1. The van der Waals surface area contributed by atoms with Crippen LogP contribution in [0.4, 0.5) is 11.4 Å². The van der Waals surface area contributed by atoms with Crippen molar-refractivity contribution in [3.63, 3.8) is 0 Å². The number of halogens is 2. The molecule has 1 aliphatic heterocycles. The van der Waals surface area contributed by atoms with Crippen LogP contribution in [0.5, 0.6) is 0 Å². The van der Waals surface area contributed by atoms with E-state index >= 15 is 0 Å². The lowest BCUT2D eigenvalue weighted by Crippen LogP contribution is -2.50. The first-order chi connectivity index (χ1) is 21.3. The Morgan fingerprint density at radius 1 is 1.09 bits per heavy atom. The number of anilines is 2. The fourth-order valence-electron chi connectivity index (χ4n) is 4.64. The summed E-state index contributed by atoms with van der Waals surface area (Å²) in [6.45, 7) is 1.14. The lowest BCUT2D eigenvalue weighted by Gasteiger charge is -2.28. The summed E-state index contributed by atoms with van der Waals surface area (Å²) in [6, 6.07) is 15.5. The van der Waals surface area contributed by atoms with Gasteiger partial charge in [-0.1, -0.05) is 46.3 Å². The predicted molar refractivity (Wildman–Crippen MR) is 176 cm³/mol. The Morgan fingerprint density at radius 3 is 2.44 bits per heavy atom. The van der Waals surface area contributed by atoms with E-state index in [-0.39, 0.29) is 13.2 Å². The highest BCUT2D eigenvalue weighted by atomic mass is 35.5. The van der Waals surface area contributed by atoms with Gasteiger partial charge >= 0.3 is 5.97 Å². The lowest BCUT2D eigenvalue weighted by atomic mass is 10.1. The van der Waals surface area contributed by atoms with Crippen LogP contribution < -0.4 is 19.7 Å². The van der Waals surface area contributed by atoms with Crippen molar-refractivity contribution < 1.29 is 37.0 Å². The number of hydrogen-bond donors (Lipinski definition) is 3. The van der Waals surface area contributed by atoms with Crippen LogP contribution >= 0.6 is 46.3 Å². The molecule has 2 heterocycles. The minimum absolute atomic E-state index is 0.0284. The number of aromatic nitrogens is 1. The van der Waals surface area contributed by atoms with E-state index in [2.05, 4.69) is 5.32 Å². The number of carbonyl (C=O) groups excluding carboxylic acids is 2. The maximum absolute atomic E-state index is 13.2. The van der Waals surface area contributed by atoms with Crippen LogP contribution in [0.25, 0.3) is 16.3 Å². The molecule has 0 radical (unpaired) electrons. The summed E-state index contributed by atoms with van der Waals surface area (Å²) in [5.41, 5.74) is 2.08. The topological polar surface area (TPSA) is 148 Å². The molecular weight excluding hydrogens is 683 g/mol. The molecule has 11 nitrogen and oxygen atoms in total. The molecule has 1 aromatic heterocycles. The minimum Gasteiger partial charge on any atom is -0.480 e. The zero-order valence-corrected chi connectivity index (χ0v) is 27.3. The van der Waals surface area contributed by atoms with Gasteiger partial charge in [-0.3, -0.25) is 19.5 Å². The van der Waals surface area contributed by atoms with E-state index in [1.54, 1.807) is 53.1 Å². The highest BCUT2D eigenvalue weighted by molar-refractivity contribution is 8.04. The van der Waals surface area contributed by atoms with Gasteiger partial charge in [-0.25, -0.2) is 4.79 Å². The van der Waals surface area contributed by atoms with Gasteiger partial charge in [0.25, 0.3) is 15.1 Å². The first-order valence-electron chi connectivity index (χ1n) is 13.2. The second-order valence-electron chi connectivity index (χ2n) is 9.93. The maximum atomic E-state index is 13.2. The maximum Gasteiger partial charge on any atom is 0.326 e. The van der Waals surface area contributed by atoms with Crippen molar-refractivity contribution in [3.8, 4) is 0 Å². The molecule has 3 N–H and O–H groups in total.